The number of fused-ring (bicyclic) bond motifs is 1. The molecule has 0 heterocycles. The van der Waals surface area contributed by atoms with Crippen LogP contribution in [0.4, 0.5) is 0 Å². The molecule has 3 rings (SSSR count). The zero-order valence-electron chi connectivity index (χ0n) is 13.7. The number of nitrogens with two attached hydrogens (primary N) is 1. The molecule has 0 bridgehead atoms. The number of benzene rings is 1. The average molecular weight is 302 g/mol. The van der Waals surface area contributed by atoms with Gasteiger partial charge in [0.15, 0.2) is 0 Å². The average Bonchev–Trinajstić information content (AvgIpc) is 2.88. The van der Waals surface area contributed by atoms with Crippen molar-refractivity contribution in [3.05, 3.63) is 35.4 Å². The Balaban J connectivity index is 1.64. The Morgan fingerprint density at radius 2 is 1.91 bits per heavy atom. The van der Waals surface area contributed by atoms with E-state index in [0.29, 0.717) is 13.0 Å². The number of ether oxygens (including phenoxy) is 1. The first-order chi connectivity index (χ1) is 10.4. The lowest BCUT2D eigenvalue weighted by molar-refractivity contribution is -0.171. The Kier molecular flexibility index (Phi) is 3.77. The summed E-state index contributed by atoms with van der Waals surface area (Å²) >= 11 is 0. The van der Waals surface area contributed by atoms with Gasteiger partial charge in [-0.15, -0.1) is 0 Å². The predicted octanol–water partition coefficient (Wildman–Crippen LogP) is 1.80. The zero-order valence-corrected chi connectivity index (χ0v) is 13.7. The van der Waals surface area contributed by atoms with Crippen molar-refractivity contribution in [1.82, 2.24) is 5.32 Å². The lowest BCUT2D eigenvalue weighted by atomic mass is 9.54. The van der Waals surface area contributed by atoms with Crippen LogP contribution in [0.3, 0.4) is 0 Å². The maximum Gasteiger partial charge on any atom is 0.241 e. The van der Waals surface area contributed by atoms with Crippen molar-refractivity contribution in [1.29, 1.82) is 0 Å². The van der Waals surface area contributed by atoms with Gasteiger partial charge in [-0.3, -0.25) is 4.79 Å². The number of carbonyl (C=O) groups excluding carboxylic acids is 1. The van der Waals surface area contributed by atoms with Crippen LogP contribution < -0.4 is 11.1 Å². The van der Waals surface area contributed by atoms with E-state index in [1.165, 1.54) is 11.1 Å². The number of nitrogens with one attached hydrogen (secondary N) is 1. The van der Waals surface area contributed by atoms with Crippen LogP contribution in [0.2, 0.25) is 0 Å². The molecule has 0 saturated heterocycles. The van der Waals surface area contributed by atoms with Crippen LogP contribution in [0.25, 0.3) is 0 Å². The second-order valence-electron chi connectivity index (χ2n) is 7.19. The smallest absolute Gasteiger partial charge is 0.241 e. The first-order valence-electron chi connectivity index (χ1n) is 8.16. The van der Waals surface area contributed by atoms with Crippen molar-refractivity contribution in [2.75, 3.05) is 6.61 Å². The third-order valence-corrected chi connectivity index (χ3v) is 5.62. The largest absolute Gasteiger partial charge is 0.378 e. The molecule has 0 radical (unpaired) electrons. The minimum absolute atomic E-state index is 0.0359. The topological polar surface area (TPSA) is 64.3 Å². The van der Waals surface area contributed by atoms with Crippen molar-refractivity contribution >= 4 is 5.91 Å². The summed E-state index contributed by atoms with van der Waals surface area (Å²) in [6.07, 6.45) is 2.45. The summed E-state index contributed by atoms with van der Waals surface area (Å²) in [6, 6.07) is 8.54. The van der Waals surface area contributed by atoms with Crippen LogP contribution in [-0.2, 0) is 22.4 Å². The molecule has 1 amide bonds. The minimum atomic E-state index is -0.832. The molecule has 120 valence electrons. The molecule has 2 atom stereocenters. The molecule has 2 aliphatic carbocycles. The quantitative estimate of drug-likeness (QED) is 0.891. The van der Waals surface area contributed by atoms with E-state index in [1.54, 1.807) is 0 Å². The van der Waals surface area contributed by atoms with Gasteiger partial charge in [0.1, 0.15) is 5.54 Å². The third-order valence-electron chi connectivity index (χ3n) is 5.62. The molecule has 1 aromatic rings. The summed E-state index contributed by atoms with van der Waals surface area (Å²) in [7, 11) is 0. The van der Waals surface area contributed by atoms with Gasteiger partial charge in [0.2, 0.25) is 5.91 Å². The highest BCUT2D eigenvalue weighted by Gasteiger charge is 2.63. The molecular formula is C18H26N2O2. The predicted molar refractivity (Wildman–Crippen MR) is 86.5 cm³/mol. The lowest BCUT2D eigenvalue weighted by Gasteiger charge is -2.57. The van der Waals surface area contributed by atoms with E-state index in [-0.39, 0.29) is 23.5 Å². The second-order valence-corrected chi connectivity index (χ2v) is 7.19. The highest BCUT2D eigenvalue weighted by atomic mass is 16.5. The molecule has 2 aliphatic rings. The Hall–Kier alpha value is -1.39. The highest BCUT2D eigenvalue weighted by Crippen LogP contribution is 2.50. The van der Waals surface area contributed by atoms with Crippen molar-refractivity contribution in [3.8, 4) is 0 Å². The van der Waals surface area contributed by atoms with Gasteiger partial charge in [-0.2, -0.15) is 0 Å². The fourth-order valence-electron chi connectivity index (χ4n) is 3.80. The number of hydrogen-bond acceptors (Lipinski definition) is 3. The molecule has 2 unspecified atom stereocenters. The molecule has 1 fully saturated rings. The van der Waals surface area contributed by atoms with E-state index in [1.807, 2.05) is 20.8 Å². The molecule has 0 aliphatic heterocycles. The molecular weight excluding hydrogens is 276 g/mol. The van der Waals surface area contributed by atoms with Crippen LogP contribution in [0.1, 0.15) is 38.3 Å². The number of carbonyl (C=O) groups is 1. The summed E-state index contributed by atoms with van der Waals surface area (Å²) in [6.45, 7) is 6.69. The van der Waals surface area contributed by atoms with Crippen molar-refractivity contribution in [2.24, 2.45) is 11.1 Å². The molecule has 0 aromatic heterocycles. The zero-order chi connectivity index (χ0) is 16.0. The molecule has 3 N–H and O–H groups in total. The fraction of sp³-hybridized carbons (Fsp3) is 0.611. The molecule has 0 spiro atoms. The van der Waals surface area contributed by atoms with E-state index in [2.05, 4.69) is 29.6 Å². The van der Waals surface area contributed by atoms with Crippen LogP contribution in [0, 0.1) is 5.41 Å². The first kappa shape index (κ1) is 15.5. The Bertz CT molecular complexity index is 559. The van der Waals surface area contributed by atoms with Crippen molar-refractivity contribution < 1.29 is 9.53 Å². The summed E-state index contributed by atoms with van der Waals surface area (Å²) in [5.41, 5.74) is 7.93. The summed E-state index contributed by atoms with van der Waals surface area (Å²) in [5, 5.41) is 3.17. The van der Waals surface area contributed by atoms with Crippen molar-refractivity contribution in [2.45, 2.75) is 57.7 Å². The molecule has 4 heteroatoms. The van der Waals surface area contributed by atoms with Gasteiger partial charge in [0.05, 0.1) is 6.10 Å². The summed E-state index contributed by atoms with van der Waals surface area (Å²) in [5.74, 6) is -0.0359. The number of amides is 1. The van der Waals surface area contributed by atoms with Gasteiger partial charge in [-0.05, 0) is 30.9 Å². The SMILES string of the molecule is CCOC1CC(N)(C(=O)NC2Cc3ccccc3C2)C1(C)C. The van der Waals surface area contributed by atoms with E-state index in [4.69, 9.17) is 10.5 Å². The first-order valence-corrected chi connectivity index (χ1v) is 8.16. The second kappa shape index (κ2) is 5.36. The number of hydrogen-bond donors (Lipinski definition) is 2. The Morgan fingerprint density at radius 1 is 1.32 bits per heavy atom. The van der Waals surface area contributed by atoms with Crippen LogP contribution in [0.15, 0.2) is 24.3 Å². The molecule has 4 nitrogen and oxygen atoms in total. The maximum absolute atomic E-state index is 12.7. The third kappa shape index (κ3) is 2.25. The lowest BCUT2D eigenvalue weighted by Crippen LogP contribution is -2.76. The standard InChI is InChI=1S/C18H26N2O2/c1-4-22-15-11-18(19,17(15,2)3)16(21)20-14-9-12-7-5-6-8-13(12)10-14/h5-8,14-15H,4,9-11,19H2,1-3H3,(H,20,21). The summed E-state index contributed by atoms with van der Waals surface area (Å²) < 4.78 is 5.70. The van der Waals surface area contributed by atoms with Gasteiger partial charge in [-0.1, -0.05) is 38.1 Å². The van der Waals surface area contributed by atoms with E-state index < -0.39 is 5.54 Å². The fourth-order valence-corrected chi connectivity index (χ4v) is 3.80. The summed E-state index contributed by atoms with van der Waals surface area (Å²) in [4.78, 5) is 12.7. The normalized spacial score (nSPS) is 29.7. The van der Waals surface area contributed by atoms with Gasteiger partial charge in [0, 0.05) is 24.5 Å². The Morgan fingerprint density at radius 3 is 2.41 bits per heavy atom. The van der Waals surface area contributed by atoms with E-state index in [0.717, 1.165) is 12.8 Å². The van der Waals surface area contributed by atoms with Gasteiger partial charge < -0.3 is 15.8 Å². The monoisotopic (exact) mass is 302 g/mol. The van der Waals surface area contributed by atoms with Gasteiger partial charge in [-0.25, -0.2) is 0 Å². The number of rotatable bonds is 4. The van der Waals surface area contributed by atoms with Crippen LogP contribution >= 0.6 is 0 Å². The van der Waals surface area contributed by atoms with Crippen LogP contribution in [0.5, 0.6) is 0 Å². The molecule has 1 aromatic carbocycles. The Labute approximate surface area is 132 Å². The van der Waals surface area contributed by atoms with E-state index in [9.17, 15) is 4.79 Å². The molecule has 1 saturated carbocycles. The minimum Gasteiger partial charge on any atom is -0.378 e. The van der Waals surface area contributed by atoms with Gasteiger partial charge >= 0.3 is 0 Å². The highest BCUT2D eigenvalue weighted by molar-refractivity contribution is 5.89. The molecule has 22 heavy (non-hydrogen) atoms. The van der Waals surface area contributed by atoms with Crippen LogP contribution in [-0.4, -0.2) is 30.2 Å². The van der Waals surface area contributed by atoms with Crippen molar-refractivity contribution in [3.63, 3.8) is 0 Å². The maximum atomic E-state index is 12.7. The van der Waals surface area contributed by atoms with Gasteiger partial charge in [0.25, 0.3) is 0 Å². The van der Waals surface area contributed by atoms with E-state index >= 15 is 0 Å².